The molecule has 0 aliphatic rings. The van der Waals surface area contributed by atoms with Crippen LogP contribution in [0, 0.1) is 0 Å². The minimum absolute atomic E-state index is 0.485. The second kappa shape index (κ2) is 4.23. The van der Waals surface area contributed by atoms with E-state index in [0.717, 1.165) is 27.2 Å². The summed E-state index contributed by atoms with van der Waals surface area (Å²) < 4.78 is 4.40. The molecular weight excluding hydrogens is 246 g/mol. The van der Waals surface area contributed by atoms with E-state index in [1.807, 2.05) is 24.3 Å². The zero-order valence-electron chi connectivity index (χ0n) is 9.50. The van der Waals surface area contributed by atoms with Crippen LogP contribution in [0.1, 0.15) is 11.3 Å². The van der Waals surface area contributed by atoms with Crippen molar-refractivity contribution < 1.29 is 0 Å². The number of rotatable bonds is 2. The van der Waals surface area contributed by atoms with Gasteiger partial charge in [-0.05, 0) is 29.2 Å². The summed E-state index contributed by atoms with van der Waals surface area (Å²) in [6.07, 6.45) is 2.17. The van der Waals surface area contributed by atoms with Crippen molar-refractivity contribution in [2.75, 3.05) is 11.5 Å². The Morgan fingerprint density at radius 3 is 2.61 bits per heavy atom. The Kier molecular flexibility index (Phi) is 2.56. The van der Waals surface area contributed by atoms with Gasteiger partial charge < -0.3 is 11.5 Å². The summed E-state index contributed by atoms with van der Waals surface area (Å²) in [5, 5.41) is 0.860. The summed E-state index contributed by atoms with van der Waals surface area (Å²) in [5.74, 6) is 0.485. The number of anilines is 2. The highest BCUT2D eigenvalue weighted by atomic mass is 32.1. The predicted octanol–water partition coefficient (Wildman–Crippen LogP) is 1.84. The summed E-state index contributed by atoms with van der Waals surface area (Å²) in [6.45, 7) is 0. The van der Waals surface area contributed by atoms with Crippen LogP contribution >= 0.6 is 11.5 Å². The van der Waals surface area contributed by atoms with Crippen molar-refractivity contribution in [1.29, 1.82) is 0 Å². The van der Waals surface area contributed by atoms with E-state index in [4.69, 9.17) is 11.5 Å². The van der Waals surface area contributed by atoms with Gasteiger partial charge in [0, 0.05) is 12.1 Å². The van der Waals surface area contributed by atoms with Gasteiger partial charge in [-0.1, -0.05) is 12.1 Å². The highest BCUT2D eigenvalue weighted by molar-refractivity contribution is 7.13. The SMILES string of the molecule is Nc1ccc(Cc2nsc3ncnc(N)c23)cc1. The topological polar surface area (TPSA) is 90.7 Å². The highest BCUT2D eigenvalue weighted by Gasteiger charge is 2.11. The van der Waals surface area contributed by atoms with Crippen molar-refractivity contribution in [3.8, 4) is 0 Å². The molecule has 6 heteroatoms. The summed E-state index contributed by atoms with van der Waals surface area (Å²) >= 11 is 1.34. The molecule has 0 unspecified atom stereocenters. The maximum atomic E-state index is 5.87. The zero-order valence-corrected chi connectivity index (χ0v) is 10.3. The first kappa shape index (κ1) is 10.9. The van der Waals surface area contributed by atoms with Crippen LogP contribution in [-0.4, -0.2) is 14.3 Å². The van der Waals surface area contributed by atoms with Gasteiger partial charge in [-0.25, -0.2) is 9.97 Å². The Morgan fingerprint density at radius 1 is 1.06 bits per heavy atom. The van der Waals surface area contributed by atoms with Gasteiger partial charge in [0.05, 0.1) is 11.1 Å². The summed E-state index contributed by atoms with van der Waals surface area (Å²) in [4.78, 5) is 9.00. The largest absolute Gasteiger partial charge is 0.399 e. The number of fused-ring (bicyclic) bond motifs is 1. The number of aromatic nitrogens is 3. The van der Waals surface area contributed by atoms with Gasteiger partial charge in [0.2, 0.25) is 0 Å². The molecule has 5 nitrogen and oxygen atoms in total. The normalized spacial score (nSPS) is 10.9. The lowest BCUT2D eigenvalue weighted by Crippen LogP contribution is -1.95. The molecule has 0 bridgehead atoms. The van der Waals surface area contributed by atoms with Crippen LogP contribution in [0.3, 0.4) is 0 Å². The molecule has 2 heterocycles. The molecule has 0 aliphatic carbocycles. The lowest BCUT2D eigenvalue weighted by molar-refractivity contribution is 1.14. The average molecular weight is 257 g/mol. The third kappa shape index (κ3) is 1.86. The molecule has 0 amide bonds. The fourth-order valence-electron chi connectivity index (χ4n) is 1.82. The predicted molar refractivity (Wildman–Crippen MR) is 73.3 cm³/mol. The molecule has 0 spiro atoms. The van der Waals surface area contributed by atoms with Crippen LogP contribution in [0.15, 0.2) is 30.6 Å². The van der Waals surface area contributed by atoms with Gasteiger partial charge >= 0.3 is 0 Å². The summed E-state index contributed by atoms with van der Waals surface area (Å²) in [7, 11) is 0. The van der Waals surface area contributed by atoms with Gasteiger partial charge in [0.25, 0.3) is 0 Å². The van der Waals surface area contributed by atoms with Gasteiger partial charge in [0.15, 0.2) is 0 Å². The number of hydrogen-bond donors (Lipinski definition) is 2. The fraction of sp³-hybridized carbons (Fsp3) is 0.0833. The van der Waals surface area contributed by atoms with E-state index >= 15 is 0 Å². The molecule has 4 N–H and O–H groups in total. The van der Waals surface area contributed by atoms with E-state index in [1.54, 1.807) is 0 Å². The quantitative estimate of drug-likeness (QED) is 0.683. The maximum Gasteiger partial charge on any atom is 0.149 e. The molecule has 1 aromatic carbocycles. The number of benzene rings is 1. The van der Waals surface area contributed by atoms with Gasteiger partial charge in [-0.15, -0.1) is 0 Å². The molecule has 90 valence electrons. The van der Waals surface area contributed by atoms with Gasteiger partial charge in [0.1, 0.15) is 17.0 Å². The lowest BCUT2D eigenvalue weighted by Gasteiger charge is -2.01. The van der Waals surface area contributed by atoms with E-state index < -0.39 is 0 Å². The van der Waals surface area contributed by atoms with Crippen molar-refractivity contribution in [2.45, 2.75) is 6.42 Å². The smallest absolute Gasteiger partial charge is 0.149 e. The number of hydrogen-bond acceptors (Lipinski definition) is 6. The molecule has 18 heavy (non-hydrogen) atoms. The summed E-state index contributed by atoms with van der Waals surface area (Å²) in [5.41, 5.74) is 14.3. The summed E-state index contributed by atoms with van der Waals surface area (Å²) in [6, 6.07) is 7.73. The second-order valence-electron chi connectivity index (χ2n) is 3.99. The Hall–Kier alpha value is -2.21. The number of nitrogen functional groups attached to an aromatic ring is 2. The van der Waals surface area contributed by atoms with Crippen LogP contribution in [-0.2, 0) is 6.42 Å². The van der Waals surface area contributed by atoms with Crippen LogP contribution in [0.4, 0.5) is 11.5 Å². The van der Waals surface area contributed by atoms with E-state index in [1.165, 1.54) is 17.9 Å². The van der Waals surface area contributed by atoms with Crippen LogP contribution in [0.25, 0.3) is 10.2 Å². The molecule has 0 radical (unpaired) electrons. The molecule has 0 aliphatic heterocycles. The third-order valence-corrected chi connectivity index (χ3v) is 3.52. The van der Waals surface area contributed by atoms with E-state index in [0.29, 0.717) is 12.2 Å². The highest BCUT2D eigenvalue weighted by Crippen LogP contribution is 2.26. The molecule has 0 atom stereocenters. The molecule has 0 fully saturated rings. The average Bonchev–Trinajstić information content (AvgIpc) is 2.77. The number of nitrogens with two attached hydrogens (primary N) is 2. The minimum Gasteiger partial charge on any atom is -0.399 e. The Labute approximate surface area is 108 Å². The Balaban J connectivity index is 2.02. The van der Waals surface area contributed by atoms with Crippen LogP contribution in [0.5, 0.6) is 0 Å². The Morgan fingerprint density at radius 2 is 1.83 bits per heavy atom. The zero-order chi connectivity index (χ0) is 12.5. The van der Waals surface area contributed by atoms with Crippen molar-refractivity contribution in [1.82, 2.24) is 14.3 Å². The molecule has 3 rings (SSSR count). The van der Waals surface area contributed by atoms with Crippen LogP contribution < -0.4 is 11.5 Å². The van der Waals surface area contributed by atoms with Gasteiger partial charge in [-0.2, -0.15) is 4.37 Å². The minimum atomic E-state index is 0.485. The van der Waals surface area contributed by atoms with Crippen molar-refractivity contribution in [2.24, 2.45) is 0 Å². The first-order valence-corrected chi connectivity index (χ1v) is 6.20. The van der Waals surface area contributed by atoms with Crippen molar-refractivity contribution in [3.63, 3.8) is 0 Å². The van der Waals surface area contributed by atoms with E-state index in [2.05, 4.69) is 14.3 Å². The lowest BCUT2D eigenvalue weighted by atomic mass is 10.1. The first-order chi connectivity index (χ1) is 8.74. The Bertz CT molecular complexity index is 689. The standard InChI is InChI=1S/C12H11N5S/c13-8-3-1-7(2-4-8)5-9-10-11(14)15-6-16-12(10)18-17-9/h1-4,6H,5,13H2,(H2,14,15,16). The van der Waals surface area contributed by atoms with E-state index in [-0.39, 0.29) is 0 Å². The third-order valence-electron chi connectivity index (χ3n) is 2.72. The number of nitrogens with zero attached hydrogens (tertiary/aromatic N) is 3. The van der Waals surface area contributed by atoms with Crippen molar-refractivity contribution >= 4 is 33.3 Å². The molecule has 3 aromatic rings. The molecule has 2 aromatic heterocycles. The maximum absolute atomic E-state index is 5.87. The molecule has 0 saturated heterocycles. The molecular formula is C12H11N5S. The van der Waals surface area contributed by atoms with Gasteiger partial charge in [-0.3, -0.25) is 0 Å². The molecule has 0 saturated carbocycles. The second-order valence-corrected chi connectivity index (χ2v) is 4.74. The van der Waals surface area contributed by atoms with E-state index in [9.17, 15) is 0 Å². The monoisotopic (exact) mass is 257 g/mol. The first-order valence-electron chi connectivity index (χ1n) is 5.43. The van der Waals surface area contributed by atoms with Crippen LogP contribution in [0.2, 0.25) is 0 Å². The van der Waals surface area contributed by atoms with Crippen molar-refractivity contribution in [3.05, 3.63) is 41.9 Å². The fourth-order valence-corrected chi connectivity index (χ4v) is 2.58.